The maximum atomic E-state index is 12.2. The molecule has 0 saturated carbocycles. The predicted octanol–water partition coefficient (Wildman–Crippen LogP) is 4.22. The summed E-state index contributed by atoms with van der Waals surface area (Å²) in [4.78, 5) is 16.7. The summed E-state index contributed by atoms with van der Waals surface area (Å²) in [7, 11) is -3.47. The van der Waals surface area contributed by atoms with Crippen LogP contribution >= 0.6 is 33.9 Å². The molecule has 0 aliphatic heterocycles. The molecule has 3 aromatic rings. The number of amides is 1. The average molecular weight is 498 g/mol. The van der Waals surface area contributed by atoms with Gasteiger partial charge in [-0.3, -0.25) is 4.79 Å². The van der Waals surface area contributed by atoms with E-state index in [1.54, 1.807) is 18.2 Å². The minimum Gasteiger partial charge on any atom is -0.302 e. The number of carbonyl (C=O) groups excluding carboxylic acids is 1. The Morgan fingerprint density at radius 2 is 1.77 bits per heavy atom. The van der Waals surface area contributed by atoms with Crippen LogP contribution in [0, 0.1) is 3.57 Å². The van der Waals surface area contributed by atoms with Crippen molar-refractivity contribution in [1.29, 1.82) is 0 Å². The maximum Gasteiger partial charge on any atom is 0.227 e. The monoisotopic (exact) mass is 498 g/mol. The molecule has 0 saturated heterocycles. The van der Waals surface area contributed by atoms with Crippen LogP contribution < -0.4 is 5.32 Å². The molecule has 0 fully saturated rings. The molecule has 1 aromatic heterocycles. The second-order valence-electron chi connectivity index (χ2n) is 5.47. The molecule has 3 rings (SSSR count). The van der Waals surface area contributed by atoms with Crippen LogP contribution in [0.1, 0.15) is 6.42 Å². The second-order valence-corrected chi connectivity index (χ2v) is 9.69. The van der Waals surface area contributed by atoms with Gasteiger partial charge in [0.25, 0.3) is 0 Å². The first-order valence-corrected chi connectivity index (χ1v) is 11.3. The second kappa shape index (κ2) is 8.28. The van der Waals surface area contributed by atoms with E-state index in [-0.39, 0.29) is 23.0 Å². The van der Waals surface area contributed by atoms with E-state index in [0.717, 1.165) is 14.8 Å². The molecule has 0 bridgehead atoms. The SMILES string of the molecule is O=C(CCS(=O)(=O)c1ccccc1)Nc1nc(-c2ccc(I)cc2)cs1. The highest BCUT2D eigenvalue weighted by Crippen LogP contribution is 2.25. The van der Waals surface area contributed by atoms with Crippen molar-refractivity contribution >= 4 is 54.8 Å². The summed E-state index contributed by atoms with van der Waals surface area (Å²) >= 11 is 3.55. The van der Waals surface area contributed by atoms with Crippen LogP contribution in [-0.4, -0.2) is 25.1 Å². The van der Waals surface area contributed by atoms with Gasteiger partial charge in [0.1, 0.15) is 0 Å². The van der Waals surface area contributed by atoms with Crippen molar-refractivity contribution in [3.05, 3.63) is 63.5 Å². The van der Waals surface area contributed by atoms with Crippen molar-refractivity contribution in [2.75, 3.05) is 11.1 Å². The third kappa shape index (κ3) is 4.89. The molecule has 8 heteroatoms. The van der Waals surface area contributed by atoms with Gasteiger partial charge in [-0.15, -0.1) is 11.3 Å². The number of aromatic nitrogens is 1. The number of halogens is 1. The zero-order valence-electron chi connectivity index (χ0n) is 13.6. The summed E-state index contributed by atoms with van der Waals surface area (Å²) in [5.41, 5.74) is 1.74. The highest BCUT2D eigenvalue weighted by atomic mass is 127. The highest BCUT2D eigenvalue weighted by molar-refractivity contribution is 14.1. The van der Waals surface area contributed by atoms with Crippen molar-refractivity contribution in [3.63, 3.8) is 0 Å². The van der Waals surface area contributed by atoms with Crippen LogP contribution in [0.2, 0.25) is 0 Å². The minimum absolute atomic E-state index is 0.115. The van der Waals surface area contributed by atoms with Gasteiger partial charge in [-0.1, -0.05) is 30.3 Å². The lowest BCUT2D eigenvalue weighted by atomic mass is 10.2. The molecule has 0 atom stereocenters. The Kier molecular flexibility index (Phi) is 6.05. The molecule has 1 N–H and O–H groups in total. The third-order valence-electron chi connectivity index (χ3n) is 3.59. The summed E-state index contributed by atoms with van der Waals surface area (Å²) < 4.78 is 25.6. The van der Waals surface area contributed by atoms with Gasteiger partial charge in [-0.05, 0) is 46.9 Å². The number of sulfone groups is 1. The molecule has 134 valence electrons. The fourth-order valence-corrected chi connectivity index (χ4v) is 4.60. The number of nitrogens with one attached hydrogen (secondary N) is 1. The predicted molar refractivity (Wildman–Crippen MR) is 112 cm³/mol. The summed E-state index contributed by atoms with van der Waals surface area (Å²) in [5.74, 6) is -0.605. The van der Waals surface area contributed by atoms with Crippen molar-refractivity contribution in [2.24, 2.45) is 0 Å². The molecule has 5 nitrogen and oxygen atoms in total. The number of carbonyl (C=O) groups is 1. The third-order valence-corrected chi connectivity index (χ3v) is 6.80. The van der Waals surface area contributed by atoms with E-state index in [1.165, 1.54) is 23.5 Å². The van der Waals surface area contributed by atoms with E-state index < -0.39 is 9.84 Å². The molecule has 26 heavy (non-hydrogen) atoms. The molecule has 0 unspecified atom stereocenters. The van der Waals surface area contributed by atoms with E-state index in [2.05, 4.69) is 32.9 Å². The van der Waals surface area contributed by atoms with Crippen molar-refractivity contribution in [3.8, 4) is 11.3 Å². The van der Waals surface area contributed by atoms with Crippen molar-refractivity contribution < 1.29 is 13.2 Å². The number of benzene rings is 2. The Hall–Kier alpha value is -1.78. The minimum atomic E-state index is -3.47. The molecule has 0 radical (unpaired) electrons. The van der Waals surface area contributed by atoms with Crippen LogP contribution in [0.25, 0.3) is 11.3 Å². The molecule has 2 aromatic carbocycles. The fraction of sp³-hybridized carbons (Fsp3) is 0.111. The fourth-order valence-electron chi connectivity index (χ4n) is 2.24. The van der Waals surface area contributed by atoms with Gasteiger partial charge in [0.05, 0.1) is 16.3 Å². The maximum absolute atomic E-state index is 12.2. The van der Waals surface area contributed by atoms with Crippen molar-refractivity contribution in [2.45, 2.75) is 11.3 Å². The molecular weight excluding hydrogens is 483 g/mol. The summed E-state index contributed by atoms with van der Waals surface area (Å²) in [5, 5.41) is 4.99. The summed E-state index contributed by atoms with van der Waals surface area (Å²) in [6.45, 7) is 0. The smallest absolute Gasteiger partial charge is 0.227 e. The molecular formula is C18H15IN2O3S2. The topological polar surface area (TPSA) is 76.1 Å². The van der Waals surface area contributed by atoms with E-state index in [0.29, 0.717) is 5.13 Å². The number of nitrogens with zero attached hydrogens (tertiary/aromatic N) is 1. The van der Waals surface area contributed by atoms with Crippen LogP contribution in [-0.2, 0) is 14.6 Å². The lowest BCUT2D eigenvalue weighted by Crippen LogP contribution is -2.17. The van der Waals surface area contributed by atoms with Gasteiger partial charge < -0.3 is 5.32 Å². The normalized spacial score (nSPS) is 11.3. The summed E-state index contributed by atoms with van der Waals surface area (Å²) in [6.07, 6.45) is -0.115. The Bertz CT molecular complexity index is 1000. The van der Waals surface area contributed by atoms with Crippen LogP contribution in [0.15, 0.2) is 64.9 Å². The van der Waals surface area contributed by atoms with Crippen LogP contribution in [0.4, 0.5) is 5.13 Å². The number of thiazole rings is 1. The Labute approximate surface area is 169 Å². The highest BCUT2D eigenvalue weighted by Gasteiger charge is 2.16. The van der Waals surface area contributed by atoms with E-state index >= 15 is 0 Å². The lowest BCUT2D eigenvalue weighted by Gasteiger charge is -2.04. The Balaban J connectivity index is 1.60. The molecule has 1 heterocycles. The van der Waals surface area contributed by atoms with Gasteiger partial charge in [-0.2, -0.15) is 0 Å². The molecule has 0 spiro atoms. The molecule has 0 aliphatic carbocycles. The van der Waals surface area contributed by atoms with Gasteiger partial charge in [0.2, 0.25) is 5.91 Å². The van der Waals surface area contributed by atoms with Crippen molar-refractivity contribution in [1.82, 2.24) is 4.98 Å². The zero-order valence-corrected chi connectivity index (χ0v) is 17.3. The van der Waals surface area contributed by atoms with Crippen LogP contribution in [0.5, 0.6) is 0 Å². The quantitative estimate of drug-likeness (QED) is 0.517. The number of anilines is 1. The first-order chi connectivity index (χ1) is 12.4. The van der Waals surface area contributed by atoms with Crippen LogP contribution in [0.3, 0.4) is 0 Å². The van der Waals surface area contributed by atoms with Gasteiger partial charge in [-0.25, -0.2) is 13.4 Å². The average Bonchev–Trinajstić information content (AvgIpc) is 3.10. The number of hydrogen-bond acceptors (Lipinski definition) is 5. The first kappa shape index (κ1) is 19.0. The Morgan fingerprint density at radius 3 is 2.46 bits per heavy atom. The largest absolute Gasteiger partial charge is 0.302 e. The Morgan fingerprint density at radius 1 is 1.08 bits per heavy atom. The molecule has 0 aliphatic rings. The standard InChI is InChI=1S/C18H15IN2O3S2/c19-14-8-6-13(7-9-14)16-12-25-18(20-16)21-17(22)10-11-26(23,24)15-4-2-1-3-5-15/h1-9,12H,10-11H2,(H,20,21,22). The van der Waals surface area contributed by atoms with E-state index in [4.69, 9.17) is 0 Å². The van der Waals surface area contributed by atoms with Gasteiger partial charge in [0.15, 0.2) is 15.0 Å². The zero-order chi connectivity index (χ0) is 18.6. The van der Waals surface area contributed by atoms with E-state index in [1.807, 2.05) is 29.6 Å². The first-order valence-electron chi connectivity index (χ1n) is 7.73. The number of rotatable bonds is 6. The van der Waals surface area contributed by atoms with Gasteiger partial charge in [0, 0.05) is 20.9 Å². The van der Waals surface area contributed by atoms with Gasteiger partial charge >= 0.3 is 0 Å². The van der Waals surface area contributed by atoms with E-state index in [9.17, 15) is 13.2 Å². The molecule has 1 amide bonds. The number of hydrogen-bond donors (Lipinski definition) is 1. The lowest BCUT2D eigenvalue weighted by molar-refractivity contribution is -0.115. The summed E-state index contributed by atoms with van der Waals surface area (Å²) in [6, 6.07) is 16.0.